The second-order valence-electron chi connectivity index (χ2n) is 7.75. The molecule has 7 N–H and O–H groups in total. The zero-order valence-electron chi connectivity index (χ0n) is 17.5. The fourth-order valence-corrected chi connectivity index (χ4v) is 4.33. The van der Waals surface area contributed by atoms with Gasteiger partial charge in [0.15, 0.2) is 23.1 Å². The average Bonchev–Trinajstić information content (AvgIpc) is 3.40. The summed E-state index contributed by atoms with van der Waals surface area (Å²) in [6.07, 6.45) is -5.29. The Morgan fingerprint density at radius 2 is 2.06 bits per heavy atom. The Bertz CT molecular complexity index is 1400. The molecule has 15 heteroatoms. The van der Waals surface area contributed by atoms with E-state index in [-0.39, 0.29) is 28.8 Å². The molecule has 0 saturated carbocycles. The molecule has 1 amide bonds. The summed E-state index contributed by atoms with van der Waals surface area (Å²) in [4.78, 5) is 35.8. The minimum atomic E-state index is -1.50. The van der Waals surface area contributed by atoms with Crippen LogP contribution in [-0.4, -0.2) is 78.4 Å². The predicted octanol–water partition coefficient (Wildman–Crippen LogP) is -1.13. The maximum absolute atomic E-state index is 12.6. The zero-order chi connectivity index (χ0) is 24.3. The zero-order valence-corrected chi connectivity index (χ0v) is 19.1. The number of aliphatic hydroxyl groups excluding tert-OH is 3. The van der Waals surface area contributed by atoms with Gasteiger partial charge in [-0.3, -0.25) is 19.1 Å². The van der Waals surface area contributed by atoms with Crippen molar-refractivity contribution in [3.63, 3.8) is 0 Å². The molecule has 1 aromatic carbocycles. The van der Waals surface area contributed by atoms with Crippen LogP contribution in [0.5, 0.6) is 0 Å². The molecule has 4 heterocycles. The third-order valence-electron chi connectivity index (χ3n) is 5.56. The van der Waals surface area contributed by atoms with Gasteiger partial charge < -0.3 is 31.1 Å². The van der Waals surface area contributed by atoms with E-state index in [9.17, 15) is 24.9 Å². The number of H-pyrrole nitrogens is 1. The summed E-state index contributed by atoms with van der Waals surface area (Å²) in [5.74, 6) is -0.687. The van der Waals surface area contributed by atoms with E-state index in [1.165, 1.54) is 16.6 Å². The Balaban J connectivity index is 1.67. The number of hydrogen-bond donors (Lipinski definition) is 6. The summed E-state index contributed by atoms with van der Waals surface area (Å²) in [5, 5.41) is 38.7. The van der Waals surface area contributed by atoms with Crippen molar-refractivity contribution in [3.05, 3.63) is 38.6 Å². The number of anilines is 3. The van der Waals surface area contributed by atoms with E-state index in [0.29, 0.717) is 11.3 Å². The number of aliphatic hydroxyl groups is 3. The molecule has 5 rings (SSSR count). The number of hydrogen-bond acceptors (Lipinski definition) is 11. The molecule has 178 valence electrons. The van der Waals surface area contributed by atoms with Crippen LogP contribution in [0.4, 0.5) is 17.6 Å². The maximum atomic E-state index is 12.6. The normalized spacial score (nSPS) is 25.2. The number of imidazole rings is 1. The molecule has 14 nitrogen and oxygen atoms in total. The summed E-state index contributed by atoms with van der Waals surface area (Å²) < 4.78 is 7.62. The van der Waals surface area contributed by atoms with Gasteiger partial charge in [-0.15, -0.1) is 0 Å². The number of carbonyl (C=O) groups excluding carboxylic acids is 1. The van der Waals surface area contributed by atoms with Crippen LogP contribution >= 0.6 is 15.9 Å². The van der Waals surface area contributed by atoms with E-state index >= 15 is 0 Å². The van der Waals surface area contributed by atoms with Crippen molar-refractivity contribution in [2.24, 2.45) is 5.10 Å². The van der Waals surface area contributed by atoms with Gasteiger partial charge in [-0.1, -0.05) is 15.9 Å². The van der Waals surface area contributed by atoms with Crippen LogP contribution in [0.25, 0.3) is 11.2 Å². The highest BCUT2D eigenvalue weighted by Crippen LogP contribution is 2.35. The molecular weight excluding hydrogens is 516 g/mol. The van der Waals surface area contributed by atoms with E-state index in [4.69, 9.17) is 10.5 Å². The van der Waals surface area contributed by atoms with Crippen LogP contribution in [0.2, 0.25) is 0 Å². The van der Waals surface area contributed by atoms with E-state index in [0.717, 1.165) is 4.47 Å². The highest BCUT2D eigenvalue weighted by molar-refractivity contribution is 9.10. The third-order valence-corrected chi connectivity index (χ3v) is 6.05. The Labute approximate surface area is 198 Å². The van der Waals surface area contributed by atoms with Crippen LogP contribution in [0.3, 0.4) is 0 Å². The van der Waals surface area contributed by atoms with E-state index in [1.807, 2.05) is 0 Å². The van der Waals surface area contributed by atoms with Gasteiger partial charge in [0.2, 0.25) is 11.9 Å². The van der Waals surface area contributed by atoms with Gasteiger partial charge in [0.05, 0.1) is 12.3 Å². The fourth-order valence-electron chi connectivity index (χ4n) is 3.96. The van der Waals surface area contributed by atoms with Gasteiger partial charge in [-0.05, 0) is 18.2 Å². The number of rotatable bonds is 4. The van der Waals surface area contributed by atoms with Gasteiger partial charge >= 0.3 is 0 Å². The van der Waals surface area contributed by atoms with Crippen LogP contribution < -0.4 is 21.6 Å². The summed E-state index contributed by atoms with van der Waals surface area (Å²) >= 11 is 3.37. The van der Waals surface area contributed by atoms with Gasteiger partial charge in [0.1, 0.15) is 18.3 Å². The number of aromatic amines is 1. The van der Waals surface area contributed by atoms with Crippen molar-refractivity contribution in [2.45, 2.75) is 24.5 Å². The molecule has 1 fully saturated rings. The summed E-state index contributed by atoms with van der Waals surface area (Å²) in [6, 6.07) is 5.22. The topological polar surface area (TPSA) is 204 Å². The number of nitrogens with one attached hydrogen (secondary N) is 2. The molecule has 0 spiro atoms. The number of hydrazone groups is 1. The highest BCUT2D eigenvalue weighted by Gasteiger charge is 2.45. The number of fused-ring (bicyclic) bond motifs is 2. The minimum absolute atomic E-state index is 0.0304. The first-order valence-corrected chi connectivity index (χ1v) is 10.8. The Morgan fingerprint density at radius 3 is 2.76 bits per heavy atom. The van der Waals surface area contributed by atoms with Gasteiger partial charge in [-0.2, -0.15) is 10.1 Å². The summed E-state index contributed by atoms with van der Waals surface area (Å²) in [7, 11) is 1.48. The molecule has 4 unspecified atom stereocenters. The van der Waals surface area contributed by atoms with Crippen LogP contribution in [-0.2, 0) is 9.53 Å². The monoisotopic (exact) mass is 534 g/mol. The van der Waals surface area contributed by atoms with Gasteiger partial charge in [-0.25, -0.2) is 9.99 Å². The Hall–Kier alpha value is -3.37. The molecule has 2 aromatic heterocycles. The number of aromatic nitrogens is 4. The lowest BCUT2D eigenvalue weighted by atomic mass is 10.1. The molecule has 1 saturated heterocycles. The molecule has 0 bridgehead atoms. The first-order valence-electron chi connectivity index (χ1n) is 10.0. The smallest absolute Gasteiger partial charge is 0.280 e. The number of amides is 1. The van der Waals surface area contributed by atoms with Crippen LogP contribution in [0.15, 0.2) is 32.6 Å². The lowest BCUT2D eigenvalue weighted by Crippen LogP contribution is -2.33. The molecule has 2 aliphatic heterocycles. The van der Waals surface area contributed by atoms with Gasteiger partial charge in [0.25, 0.3) is 11.5 Å². The lowest BCUT2D eigenvalue weighted by Gasteiger charge is -2.22. The van der Waals surface area contributed by atoms with E-state index < -0.39 is 42.6 Å². The summed E-state index contributed by atoms with van der Waals surface area (Å²) in [6.45, 7) is -0.559. The number of carbonyl (C=O) groups is 1. The molecule has 0 aliphatic carbocycles. The van der Waals surface area contributed by atoms with Crippen molar-refractivity contribution in [2.75, 3.05) is 29.7 Å². The predicted molar refractivity (Wildman–Crippen MR) is 123 cm³/mol. The molecule has 34 heavy (non-hydrogen) atoms. The molecule has 2 aliphatic rings. The van der Waals surface area contributed by atoms with Crippen LogP contribution in [0.1, 0.15) is 11.8 Å². The van der Waals surface area contributed by atoms with Crippen molar-refractivity contribution >= 4 is 56.3 Å². The van der Waals surface area contributed by atoms with Crippen molar-refractivity contribution in [1.29, 1.82) is 0 Å². The quantitative estimate of drug-likeness (QED) is 0.222. The molecule has 4 atom stereocenters. The van der Waals surface area contributed by atoms with Crippen molar-refractivity contribution in [3.8, 4) is 0 Å². The number of nitrogens with two attached hydrogens (primary N) is 1. The SMILES string of the molecule is CN(N=C1C(=O)Nc2ccc(Br)cc21)c1nc2c(=O)[nH]c(N)nc2n1C1OC(CO)C(O)C1O. The average molecular weight is 535 g/mol. The summed E-state index contributed by atoms with van der Waals surface area (Å²) in [5.41, 5.74) is 6.09. The molecular formula is C19H19BrN8O6. The first kappa shape index (κ1) is 22.4. The minimum Gasteiger partial charge on any atom is -0.394 e. The van der Waals surface area contributed by atoms with E-state index in [2.05, 4.69) is 41.3 Å². The lowest BCUT2D eigenvalue weighted by molar-refractivity contribution is -0.110. The number of nitrogens with zero attached hydrogens (tertiary/aromatic N) is 5. The Morgan fingerprint density at radius 1 is 1.29 bits per heavy atom. The van der Waals surface area contributed by atoms with E-state index in [1.54, 1.807) is 18.2 Å². The van der Waals surface area contributed by atoms with Crippen molar-refractivity contribution < 1.29 is 24.9 Å². The number of halogens is 1. The number of ether oxygens (including phenoxy) is 1. The Kier molecular flexibility index (Phi) is 5.37. The number of benzene rings is 1. The second-order valence-corrected chi connectivity index (χ2v) is 8.67. The number of nitrogen functional groups attached to an aromatic ring is 1. The second kappa shape index (κ2) is 8.14. The largest absolute Gasteiger partial charge is 0.394 e. The fraction of sp³-hybridized carbons (Fsp3) is 0.316. The van der Waals surface area contributed by atoms with Crippen molar-refractivity contribution in [1.82, 2.24) is 19.5 Å². The standard InChI is InChI=1S/C19H19BrN8O6/c1-27(26-10-7-4-6(20)2-3-8(7)22-15(10)32)19-23-11-14(24-18(21)25-16(11)33)28(19)17-13(31)12(30)9(5-29)34-17/h2-4,9,12-13,17,29-31H,5H2,1H3,(H,22,26,32)(H3,21,24,25,33). The third kappa shape index (κ3) is 3.45. The maximum Gasteiger partial charge on any atom is 0.280 e. The first-order chi connectivity index (χ1) is 16.2. The molecule has 0 radical (unpaired) electrons. The molecule has 3 aromatic rings. The highest BCUT2D eigenvalue weighted by atomic mass is 79.9. The van der Waals surface area contributed by atoms with Gasteiger partial charge in [0, 0.05) is 17.1 Å². The van der Waals surface area contributed by atoms with Crippen LogP contribution in [0, 0.1) is 0 Å².